The number of benzene rings is 1. The third kappa shape index (κ3) is 2.31. The Hall–Kier alpha value is -1.82. The van der Waals surface area contributed by atoms with Crippen LogP contribution in [0.15, 0.2) is 12.1 Å². The van der Waals surface area contributed by atoms with Gasteiger partial charge in [0.1, 0.15) is 13.2 Å². The Morgan fingerprint density at radius 2 is 2.06 bits per heavy atom. The highest BCUT2D eigenvalue weighted by Gasteiger charge is 2.24. The van der Waals surface area contributed by atoms with Crippen LogP contribution in [0, 0.1) is 5.82 Å². The zero-order chi connectivity index (χ0) is 12.4. The number of rotatable bonds is 3. The van der Waals surface area contributed by atoms with E-state index in [9.17, 15) is 9.18 Å². The molecule has 1 aromatic rings. The molecule has 5 nitrogen and oxygen atoms in total. The third-order valence-corrected chi connectivity index (χ3v) is 2.46. The molecule has 2 rings (SSSR count). The second kappa shape index (κ2) is 4.58. The molecule has 1 unspecified atom stereocenters. The smallest absolute Gasteiger partial charge is 0.305 e. The molecule has 0 amide bonds. The molecule has 17 heavy (non-hydrogen) atoms. The van der Waals surface area contributed by atoms with Gasteiger partial charge in [-0.3, -0.25) is 4.79 Å². The summed E-state index contributed by atoms with van der Waals surface area (Å²) in [7, 11) is 0. The van der Waals surface area contributed by atoms with E-state index in [1.165, 1.54) is 12.1 Å². The Kier molecular flexibility index (Phi) is 3.14. The van der Waals surface area contributed by atoms with Gasteiger partial charge in [0.2, 0.25) is 0 Å². The van der Waals surface area contributed by atoms with Crippen LogP contribution in [-0.4, -0.2) is 24.3 Å². The van der Waals surface area contributed by atoms with Crippen LogP contribution in [0.2, 0.25) is 0 Å². The van der Waals surface area contributed by atoms with E-state index in [4.69, 9.17) is 20.3 Å². The second-order valence-electron chi connectivity index (χ2n) is 3.70. The summed E-state index contributed by atoms with van der Waals surface area (Å²) in [5, 5.41) is 8.68. The Morgan fingerprint density at radius 3 is 2.71 bits per heavy atom. The first-order valence-corrected chi connectivity index (χ1v) is 5.15. The quantitative estimate of drug-likeness (QED) is 0.827. The normalized spacial score (nSPS) is 15.4. The molecule has 0 bridgehead atoms. The van der Waals surface area contributed by atoms with Gasteiger partial charge >= 0.3 is 5.97 Å². The maximum Gasteiger partial charge on any atom is 0.305 e. The van der Waals surface area contributed by atoms with Gasteiger partial charge in [-0.1, -0.05) is 6.07 Å². The van der Waals surface area contributed by atoms with Crippen LogP contribution >= 0.6 is 0 Å². The largest absolute Gasteiger partial charge is 0.486 e. The van der Waals surface area contributed by atoms with Gasteiger partial charge in [0.25, 0.3) is 0 Å². The molecule has 0 aliphatic carbocycles. The van der Waals surface area contributed by atoms with Crippen LogP contribution in [0.4, 0.5) is 4.39 Å². The van der Waals surface area contributed by atoms with Gasteiger partial charge in [0, 0.05) is 11.6 Å². The molecule has 1 aromatic carbocycles. The van der Waals surface area contributed by atoms with Crippen LogP contribution in [0.3, 0.4) is 0 Å². The summed E-state index contributed by atoms with van der Waals surface area (Å²) >= 11 is 0. The number of fused-ring (bicyclic) bond motifs is 1. The Bertz CT molecular complexity index is 449. The van der Waals surface area contributed by atoms with E-state index in [2.05, 4.69) is 0 Å². The number of hydrogen-bond donors (Lipinski definition) is 2. The highest BCUT2D eigenvalue weighted by atomic mass is 19.1. The van der Waals surface area contributed by atoms with Crippen molar-refractivity contribution in [3.63, 3.8) is 0 Å². The summed E-state index contributed by atoms with van der Waals surface area (Å²) < 4.78 is 23.9. The predicted molar refractivity (Wildman–Crippen MR) is 56.6 cm³/mol. The van der Waals surface area contributed by atoms with Gasteiger partial charge in [0.05, 0.1) is 6.42 Å². The van der Waals surface area contributed by atoms with E-state index >= 15 is 0 Å². The average Bonchev–Trinajstić information content (AvgIpc) is 2.29. The van der Waals surface area contributed by atoms with Crippen molar-refractivity contribution in [2.24, 2.45) is 5.73 Å². The first-order chi connectivity index (χ1) is 8.09. The van der Waals surface area contributed by atoms with Gasteiger partial charge in [-0.15, -0.1) is 0 Å². The molecule has 1 heterocycles. The lowest BCUT2D eigenvalue weighted by molar-refractivity contribution is -0.137. The van der Waals surface area contributed by atoms with Crippen LogP contribution in [0.25, 0.3) is 0 Å². The lowest BCUT2D eigenvalue weighted by atomic mass is 10.0. The van der Waals surface area contributed by atoms with Crippen molar-refractivity contribution < 1.29 is 23.8 Å². The molecular formula is C11H12FNO4. The van der Waals surface area contributed by atoms with E-state index < -0.39 is 17.8 Å². The van der Waals surface area contributed by atoms with Gasteiger partial charge < -0.3 is 20.3 Å². The SMILES string of the molecule is NC(CC(=O)O)c1ccc(F)c2c1OCCO2. The van der Waals surface area contributed by atoms with E-state index in [1.54, 1.807) is 0 Å². The topological polar surface area (TPSA) is 81.8 Å². The second-order valence-corrected chi connectivity index (χ2v) is 3.70. The van der Waals surface area contributed by atoms with Gasteiger partial charge in [-0.05, 0) is 6.07 Å². The summed E-state index contributed by atoms with van der Waals surface area (Å²) in [6.45, 7) is 0.560. The van der Waals surface area contributed by atoms with E-state index in [0.717, 1.165) is 0 Å². The number of hydrogen-bond acceptors (Lipinski definition) is 4. The lowest BCUT2D eigenvalue weighted by Gasteiger charge is -2.23. The van der Waals surface area contributed by atoms with Crippen LogP contribution in [-0.2, 0) is 4.79 Å². The van der Waals surface area contributed by atoms with E-state index in [-0.39, 0.29) is 24.5 Å². The fourth-order valence-electron chi connectivity index (χ4n) is 1.71. The molecule has 1 aliphatic heterocycles. The third-order valence-electron chi connectivity index (χ3n) is 2.46. The molecule has 0 saturated carbocycles. The number of carboxylic acid groups (broad SMARTS) is 1. The van der Waals surface area contributed by atoms with Gasteiger partial charge in [-0.2, -0.15) is 0 Å². The number of ether oxygens (including phenoxy) is 2. The number of aliphatic carboxylic acids is 1. The molecule has 6 heteroatoms. The lowest BCUT2D eigenvalue weighted by Crippen LogP contribution is -2.21. The minimum Gasteiger partial charge on any atom is -0.486 e. The molecule has 0 aromatic heterocycles. The highest BCUT2D eigenvalue weighted by Crippen LogP contribution is 2.39. The van der Waals surface area contributed by atoms with Crippen molar-refractivity contribution in [1.29, 1.82) is 0 Å². The fraction of sp³-hybridized carbons (Fsp3) is 0.364. The van der Waals surface area contributed by atoms with Crippen molar-refractivity contribution in [2.45, 2.75) is 12.5 Å². The molecule has 3 N–H and O–H groups in total. The van der Waals surface area contributed by atoms with Crippen molar-refractivity contribution in [3.05, 3.63) is 23.5 Å². The van der Waals surface area contributed by atoms with Crippen LogP contribution in [0.1, 0.15) is 18.0 Å². The van der Waals surface area contributed by atoms with E-state index in [0.29, 0.717) is 12.2 Å². The molecule has 0 spiro atoms. The zero-order valence-electron chi connectivity index (χ0n) is 8.98. The molecule has 0 radical (unpaired) electrons. The molecule has 0 fully saturated rings. The average molecular weight is 241 g/mol. The molecular weight excluding hydrogens is 229 g/mol. The number of carbonyl (C=O) groups is 1. The van der Waals surface area contributed by atoms with Crippen LogP contribution in [0.5, 0.6) is 11.5 Å². The standard InChI is InChI=1S/C11H12FNO4/c12-7-2-1-6(8(13)5-9(14)15)10-11(7)17-4-3-16-10/h1-2,8H,3-5,13H2,(H,14,15). The predicted octanol–water partition coefficient (Wildman–Crippen LogP) is 1.07. The zero-order valence-corrected chi connectivity index (χ0v) is 8.98. The molecule has 0 saturated heterocycles. The highest BCUT2D eigenvalue weighted by molar-refractivity contribution is 5.68. The molecule has 1 atom stereocenters. The number of halogens is 1. The molecule has 92 valence electrons. The van der Waals surface area contributed by atoms with Gasteiger partial charge in [0.15, 0.2) is 17.3 Å². The summed E-state index contributed by atoms with van der Waals surface area (Å²) in [6.07, 6.45) is -0.249. The monoisotopic (exact) mass is 241 g/mol. The molecule has 1 aliphatic rings. The summed E-state index contributed by atoms with van der Waals surface area (Å²) in [4.78, 5) is 10.6. The Morgan fingerprint density at radius 1 is 1.41 bits per heavy atom. The van der Waals surface area contributed by atoms with E-state index in [1.807, 2.05) is 0 Å². The summed E-state index contributed by atoms with van der Waals surface area (Å²) in [5.74, 6) is -1.34. The maximum absolute atomic E-state index is 13.4. The maximum atomic E-state index is 13.4. The van der Waals surface area contributed by atoms with Crippen molar-refractivity contribution in [1.82, 2.24) is 0 Å². The number of nitrogens with two attached hydrogens (primary N) is 1. The van der Waals surface area contributed by atoms with Crippen LogP contribution < -0.4 is 15.2 Å². The summed E-state index contributed by atoms with van der Waals surface area (Å²) in [6, 6.07) is 1.88. The first kappa shape index (κ1) is 11.7. The Balaban J connectivity index is 2.37. The van der Waals surface area contributed by atoms with Crippen molar-refractivity contribution >= 4 is 5.97 Å². The van der Waals surface area contributed by atoms with Crippen molar-refractivity contribution in [3.8, 4) is 11.5 Å². The van der Waals surface area contributed by atoms with Crippen molar-refractivity contribution in [2.75, 3.05) is 13.2 Å². The first-order valence-electron chi connectivity index (χ1n) is 5.15. The fourth-order valence-corrected chi connectivity index (χ4v) is 1.71. The van der Waals surface area contributed by atoms with Gasteiger partial charge in [-0.25, -0.2) is 4.39 Å². The minimum atomic E-state index is -1.02. The summed E-state index contributed by atoms with van der Waals surface area (Å²) in [5.41, 5.74) is 6.18. The Labute approximate surface area is 96.9 Å². The minimum absolute atomic E-state index is 0.00888. The number of carboxylic acids is 1.